The number of benzene rings is 1. The Labute approximate surface area is 156 Å². The van der Waals surface area contributed by atoms with Crippen LogP contribution in [0.25, 0.3) is 6.08 Å². The molecule has 3 rings (SSSR count). The van der Waals surface area contributed by atoms with Gasteiger partial charge in [0.2, 0.25) is 5.91 Å². The van der Waals surface area contributed by atoms with Crippen LogP contribution in [0.2, 0.25) is 5.02 Å². The second kappa shape index (κ2) is 7.86. The number of carbonyl (C=O) groups excluding carboxylic acids is 1. The van der Waals surface area contributed by atoms with Crippen molar-refractivity contribution in [3.8, 4) is 6.07 Å². The van der Waals surface area contributed by atoms with E-state index in [9.17, 15) is 10.1 Å². The van der Waals surface area contributed by atoms with Crippen LogP contribution < -0.4 is 5.32 Å². The van der Waals surface area contributed by atoms with E-state index in [0.717, 1.165) is 36.8 Å². The fraction of sp³-hybridized carbons (Fsp3) is 0.300. The first-order chi connectivity index (χ1) is 12.1. The predicted molar refractivity (Wildman–Crippen MR) is 104 cm³/mol. The Balaban J connectivity index is 1.77. The van der Waals surface area contributed by atoms with Crippen molar-refractivity contribution in [3.63, 3.8) is 0 Å². The largest absolute Gasteiger partial charge is 0.313 e. The number of thiophene rings is 1. The average molecular weight is 371 g/mol. The number of hydrogen-bond donors (Lipinski definition) is 1. The lowest BCUT2D eigenvalue weighted by Gasteiger charge is -2.20. The second-order valence-corrected chi connectivity index (χ2v) is 7.69. The highest BCUT2D eigenvalue weighted by Crippen LogP contribution is 2.40. The third-order valence-electron chi connectivity index (χ3n) is 4.61. The van der Waals surface area contributed by atoms with Gasteiger partial charge in [-0.2, -0.15) is 5.26 Å². The number of amides is 1. The first-order valence-corrected chi connectivity index (χ1v) is 9.60. The van der Waals surface area contributed by atoms with E-state index < -0.39 is 0 Å². The highest BCUT2D eigenvalue weighted by molar-refractivity contribution is 7.16. The summed E-state index contributed by atoms with van der Waals surface area (Å²) in [6.45, 7) is 2.21. The van der Waals surface area contributed by atoms with Gasteiger partial charge in [0, 0.05) is 16.0 Å². The third-order valence-corrected chi connectivity index (χ3v) is 6.13. The van der Waals surface area contributed by atoms with E-state index in [-0.39, 0.29) is 5.91 Å². The average Bonchev–Trinajstić information content (AvgIpc) is 2.96. The van der Waals surface area contributed by atoms with E-state index >= 15 is 0 Å². The Kier molecular flexibility index (Phi) is 5.57. The summed E-state index contributed by atoms with van der Waals surface area (Å²) in [5.74, 6) is 0.434. The molecule has 2 aromatic rings. The Hall–Kier alpha value is -2.09. The number of nitrogens with zero attached hydrogens (tertiary/aromatic N) is 1. The highest BCUT2D eigenvalue weighted by atomic mass is 35.5. The fourth-order valence-electron chi connectivity index (χ4n) is 3.14. The van der Waals surface area contributed by atoms with Crippen molar-refractivity contribution in [1.82, 2.24) is 0 Å². The van der Waals surface area contributed by atoms with E-state index in [1.807, 2.05) is 18.2 Å². The van der Waals surface area contributed by atoms with Gasteiger partial charge in [-0.3, -0.25) is 4.79 Å². The molecule has 3 nitrogen and oxygen atoms in total. The lowest BCUT2D eigenvalue weighted by Crippen LogP contribution is -2.12. The van der Waals surface area contributed by atoms with Crippen LogP contribution >= 0.6 is 22.9 Å². The third kappa shape index (κ3) is 3.95. The van der Waals surface area contributed by atoms with Gasteiger partial charge in [0.05, 0.1) is 5.56 Å². The van der Waals surface area contributed by atoms with Gasteiger partial charge in [-0.05, 0) is 48.4 Å². The Morgan fingerprint density at radius 1 is 1.48 bits per heavy atom. The van der Waals surface area contributed by atoms with Crippen LogP contribution in [-0.2, 0) is 17.6 Å². The minimum absolute atomic E-state index is 0.248. The van der Waals surface area contributed by atoms with Crippen LogP contribution in [0.15, 0.2) is 30.3 Å². The van der Waals surface area contributed by atoms with Gasteiger partial charge >= 0.3 is 0 Å². The van der Waals surface area contributed by atoms with Crippen LogP contribution in [0, 0.1) is 17.2 Å². The van der Waals surface area contributed by atoms with Crippen LogP contribution in [0.1, 0.15) is 41.3 Å². The Bertz CT molecular complexity index is 863. The van der Waals surface area contributed by atoms with Gasteiger partial charge in [-0.1, -0.05) is 43.1 Å². The Morgan fingerprint density at radius 3 is 3.00 bits per heavy atom. The highest BCUT2D eigenvalue weighted by Gasteiger charge is 2.25. The van der Waals surface area contributed by atoms with Crippen molar-refractivity contribution < 1.29 is 4.79 Å². The molecule has 0 radical (unpaired) electrons. The van der Waals surface area contributed by atoms with Crippen LogP contribution in [0.3, 0.4) is 0 Å². The minimum atomic E-state index is -0.248. The summed E-state index contributed by atoms with van der Waals surface area (Å²) in [6.07, 6.45) is 7.35. The lowest BCUT2D eigenvalue weighted by atomic mass is 9.86. The number of nitrogens with one attached hydrogen (secondary N) is 1. The Morgan fingerprint density at radius 2 is 2.28 bits per heavy atom. The number of carbonyl (C=O) groups is 1. The van der Waals surface area contributed by atoms with Gasteiger partial charge in [0.25, 0.3) is 0 Å². The molecule has 1 heterocycles. The smallest absolute Gasteiger partial charge is 0.249 e. The molecule has 0 spiro atoms. The van der Waals surface area contributed by atoms with E-state index in [2.05, 4.69) is 18.3 Å². The molecular formula is C20H19ClN2OS. The standard InChI is InChI=1S/C20H19ClN2OS/c1-2-13-7-9-15-16(12-22)20(25-18(15)11-13)23-19(24)10-8-14-5-3-4-6-17(14)21/h3-6,8,10,13H,2,7,9,11H2,1H3,(H,23,24)/b10-8-/t13-/m0/s1. The maximum Gasteiger partial charge on any atom is 0.249 e. The van der Waals surface area contributed by atoms with Crippen LogP contribution in [0.5, 0.6) is 0 Å². The molecule has 1 amide bonds. The zero-order valence-electron chi connectivity index (χ0n) is 14.0. The monoisotopic (exact) mass is 370 g/mol. The van der Waals surface area contributed by atoms with E-state index in [4.69, 9.17) is 11.6 Å². The van der Waals surface area contributed by atoms with Crippen molar-refractivity contribution in [2.45, 2.75) is 32.6 Å². The van der Waals surface area contributed by atoms with E-state index in [1.54, 1.807) is 23.5 Å². The summed E-state index contributed by atoms with van der Waals surface area (Å²) in [6, 6.07) is 9.62. The van der Waals surface area contributed by atoms with Gasteiger partial charge in [0.15, 0.2) is 0 Å². The first-order valence-electron chi connectivity index (χ1n) is 8.40. The minimum Gasteiger partial charge on any atom is -0.313 e. The molecule has 1 N–H and O–H groups in total. The van der Waals surface area contributed by atoms with Crippen molar-refractivity contribution in [2.75, 3.05) is 5.32 Å². The fourth-order valence-corrected chi connectivity index (χ4v) is 4.65. The molecule has 25 heavy (non-hydrogen) atoms. The topological polar surface area (TPSA) is 52.9 Å². The van der Waals surface area contributed by atoms with Crippen molar-refractivity contribution in [2.24, 2.45) is 5.92 Å². The molecule has 0 aliphatic heterocycles. The summed E-state index contributed by atoms with van der Waals surface area (Å²) in [5.41, 5.74) is 2.55. The summed E-state index contributed by atoms with van der Waals surface area (Å²) >= 11 is 7.63. The normalized spacial score (nSPS) is 16.4. The summed E-state index contributed by atoms with van der Waals surface area (Å²) in [4.78, 5) is 13.5. The summed E-state index contributed by atoms with van der Waals surface area (Å²) < 4.78 is 0. The summed E-state index contributed by atoms with van der Waals surface area (Å²) in [5, 5.41) is 13.6. The molecule has 0 saturated heterocycles. The number of rotatable bonds is 4. The zero-order chi connectivity index (χ0) is 17.8. The number of nitriles is 1. The molecular weight excluding hydrogens is 352 g/mol. The molecule has 1 aromatic heterocycles. The lowest BCUT2D eigenvalue weighted by molar-refractivity contribution is -0.111. The van der Waals surface area contributed by atoms with Gasteiger partial charge in [-0.25, -0.2) is 0 Å². The molecule has 0 fully saturated rings. The quantitative estimate of drug-likeness (QED) is 0.728. The number of fused-ring (bicyclic) bond motifs is 1. The maximum atomic E-state index is 12.3. The predicted octanol–water partition coefficient (Wildman–Crippen LogP) is 5.44. The summed E-state index contributed by atoms with van der Waals surface area (Å²) in [7, 11) is 0. The molecule has 0 saturated carbocycles. The molecule has 1 aliphatic carbocycles. The molecule has 0 unspecified atom stereocenters. The molecule has 1 aliphatic rings. The first kappa shape index (κ1) is 17.7. The second-order valence-electron chi connectivity index (χ2n) is 6.18. The van der Waals surface area contributed by atoms with Crippen molar-refractivity contribution in [1.29, 1.82) is 5.26 Å². The van der Waals surface area contributed by atoms with Crippen LogP contribution in [0.4, 0.5) is 5.00 Å². The zero-order valence-corrected chi connectivity index (χ0v) is 15.6. The van der Waals surface area contributed by atoms with Crippen LogP contribution in [-0.4, -0.2) is 5.91 Å². The molecule has 5 heteroatoms. The molecule has 128 valence electrons. The van der Waals surface area contributed by atoms with Crippen molar-refractivity contribution in [3.05, 3.63) is 56.9 Å². The van der Waals surface area contributed by atoms with Gasteiger partial charge in [-0.15, -0.1) is 11.3 Å². The van der Waals surface area contributed by atoms with Gasteiger partial charge < -0.3 is 5.32 Å². The number of halogens is 1. The van der Waals surface area contributed by atoms with Crippen molar-refractivity contribution >= 4 is 39.9 Å². The maximum absolute atomic E-state index is 12.3. The number of hydrogen-bond acceptors (Lipinski definition) is 3. The van der Waals surface area contributed by atoms with Gasteiger partial charge in [0.1, 0.15) is 11.1 Å². The van der Waals surface area contributed by atoms with E-state index in [1.165, 1.54) is 11.0 Å². The van der Waals surface area contributed by atoms with E-state index in [0.29, 0.717) is 21.5 Å². The molecule has 0 bridgehead atoms. The SMILES string of the molecule is CC[C@H]1CCc2c(sc(NC(=O)/C=C\c3ccccc3Cl)c2C#N)C1. The molecule has 1 atom stereocenters. The number of anilines is 1. The molecule has 1 aromatic carbocycles.